The first-order valence-electron chi connectivity index (χ1n) is 7.11. The van der Waals surface area contributed by atoms with Crippen LogP contribution in [0.2, 0.25) is 0 Å². The molecule has 0 bridgehead atoms. The summed E-state index contributed by atoms with van der Waals surface area (Å²) in [5, 5.41) is 9.85. The van der Waals surface area contributed by atoms with E-state index >= 15 is 0 Å². The average Bonchev–Trinajstić information content (AvgIpc) is 2.76. The number of likely N-dealkylation sites (N-methyl/N-ethyl adjacent to an activating group) is 1. The van der Waals surface area contributed by atoms with Crippen molar-refractivity contribution in [1.29, 1.82) is 0 Å². The lowest BCUT2D eigenvalue weighted by molar-refractivity contribution is -0.139. The molecule has 0 aliphatic carbocycles. The number of methoxy groups -OCH3 is 1. The Morgan fingerprint density at radius 1 is 1.42 bits per heavy atom. The maximum Gasteiger partial charge on any atom is 0.416 e. The van der Waals surface area contributed by atoms with Gasteiger partial charge in [0.05, 0.1) is 31.9 Å². The van der Waals surface area contributed by atoms with Gasteiger partial charge in [0.2, 0.25) is 0 Å². The van der Waals surface area contributed by atoms with E-state index in [1.807, 2.05) is 0 Å². The molecule has 134 valence electrons. The van der Waals surface area contributed by atoms with Gasteiger partial charge in [-0.2, -0.15) is 13.2 Å². The molecule has 0 spiro atoms. The van der Waals surface area contributed by atoms with E-state index in [1.54, 1.807) is 0 Å². The van der Waals surface area contributed by atoms with Crippen LogP contribution in [-0.4, -0.2) is 61.2 Å². The third-order valence-electron chi connectivity index (χ3n) is 3.48. The standard InChI is InChI=1S/C14H18F3N3O4/c1-19-7-12(21)20(13(19)22)11-5-10(14(15,16)17)9(6-18-11)8-24-4-3-23-2/h5-6,12,21H,3-4,7-8H2,1-2H3. The highest BCUT2D eigenvalue weighted by molar-refractivity contribution is 5.93. The number of anilines is 1. The van der Waals surface area contributed by atoms with Crippen LogP contribution in [0.5, 0.6) is 0 Å². The summed E-state index contributed by atoms with van der Waals surface area (Å²) in [6.07, 6.45) is -4.89. The van der Waals surface area contributed by atoms with Crippen LogP contribution in [0, 0.1) is 0 Å². The zero-order valence-electron chi connectivity index (χ0n) is 13.2. The lowest BCUT2D eigenvalue weighted by atomic mass is 10.1. The number of rotatable bonds is 6. The van der Waals surface area contributed by atoms with Gasteiger partial charge in [-0.1, -0.05) is 0 Å². The van der Waals surface area contributed by atoms with E-state index in [2.05, 4.69) is 4.98 Å². The highest BCUT2D eigenvalue weighted by Gasteiger charge is 2.39. The van der Waals surface area contributed by atoms with Crippen LogP contribution in [0.1, 0.15) is 11.1 Å². The summed E-state index contributed by atoms with van der Waals surface area (Å²) in [6.45, 7) is 0.100. The molecule has 7 nitrogen and oxygen atoms in total. The van der Waals surface area contributed by atoms with Crippen LogP contribution in [0.25, 0.3) is 0 Å². The predicted molar refractivity (Wildman–Crippen MR) is 77.3 cm³/mol. The molecular weight excluding hydrogens is 331 g/mol. The smallest absolute Gasteiger partial charge is 0.382 e. The van der Waals surface area contributed by atoms with Gasteiger partial charge in [-0.25, -0.2) is 14.7 Å². The lowest BCUT2D eigenvalue weighted by Crippen LogP contribution is -2.35. The quantitative estimate of drug-likeness (QED) is 0.787. The van der Waals surface area contributed by atoms with E-state index in [0.717, 1.165) is 17.2 Å². The van der Waals surface area contributed by atoms with E-state index in [-0.39, 0.29) is 37.7 Å². The van der Waals surface area contributed by atoms with E-state index in [9.17, 15) is 23.1 Å². The Morgan fingerprint density at radius 3 is 2.67 bits per heavy atom. The zero-order valence-corrected chi connectivity index (χ0v) is 13.2. The molecule has 2 amide bonds. The number of aliphatic hydroxyl groups is 1. The molecule has 0 aromatic carbocycles. The van der Waals surface area contributed by atoms with Gasteiger partial charge in [0, 0.05) is 25.9 Å². The van der Waals surface area contributed by atoms with Crippen molar-refractivity contribution >= 4 is 11.8 Å². The molecule has 1 aromatic heterocycles. The topological polar surface area (TPSA) is 75.1 Å². The summed E-state index contributed by atoms with van der Waals surface area (Å²) < 4.78 is 49.7. The van der Waals surface area contributed by atoms with Crippen LogP contribution in [-0.2, 0) is 22.3 Å². The van der Waals surface area contributed by atoms with E-state index in [0.29, 0.717) is 0 Å². The second-order valence-electron chi connectivity index (χ2n) is 5.26. The molecule has 1 aliphatic heterocycles. The first-order valence-corrected chi connectivity index (χ1v) is 7.11. The second-order valence-corrected chi connectivity index (χ2v) is 5.26. The summed E-state index contributed by atoms with van der Waals surface area (Å²) in [5.74, 6) is -0.259. The monoisotopic (exact) mass is 349 g/mol. The Hall–Kier alpha value is -1.91. The van der Waals surface area contributed by atoms with Gasteiger partial charge in [-0.3, -0.25) is 0 Å². The fourth-order valence-electron chi connectivity index (χ4n) is 2.27. The third-order valence-corrected chi connectivity index (χ3v) is 3.48. The number of aliphatic hydroxyl groups excluding tert-OH is 1. The van der Waals surface area contributed by atoms with Gasteiger partial charge in [0.15, 0.2) is 6.23 Å². The minimum atomic E-state index is -4.64. The first kappa shape index (κ1) is 18.4. The van der Waals surface area contributed by atoms with Gasteiger partial charge in [-0.05, 0) is 6.07 Å². The molecular formula is C14H18F3N3O4. The van der Waals surface area contributed by atoms with Crippen molar-refractivity contribution in [2.75, 3.05) is 38.8 Å². The van der Waals surface area contributed by atoms with Gasteiger partial charge >= 0.3 is 12.2 Å². The normalized spacial score (nSPS) is 18.6. The van der Waals surface area contributed by atoms with Gasteiger partial charge < -0.3 is 19.5 Å². The van der Waals surface area contributed by atoms with Crippen LogP contribution in [0.3, 0.4) is 0 Å². The number of β-amino-alcohol motifs (C(OH)–C–C–N with tert-alkyl or cyclic N) is 1. The summed E-state index contributed by atoms with van der Waals surface area (Å²) in [4.78, 5) is 17.8. The van der Waals surface area contributed by atoms with Crippen molar-refractivity contribution in [3.8, 4) is 0 Å². The molecule has 10 heteroatoms. The molecule has 24 heavy (non-hydrogen) atoms. The number of carbonyl (C=O) groups is 1. The van der Waals surface area contributed by atoms with Crippen molar-refractivity contribution in [2.45, 2.75) is 19.0 Å². The fourth-order valence-corrected chi connectivity index (χ4v) is 2.27. The fraction of sp³-hybridized carbons (Fsp3) is 0.571. The van der Waals surface area contributed by atoms with Crippen molar-refractivity contribution in [3.05, 3.63) is 23.4 Å². The summed E-state index contributed by atoms with van der Waals surface area (Å²) in [5.41, 5.74) is -1.11. The predicted octanol–water partition coefficient (Wildman–Crippen LogP) is 1.45. The van der Waals surface area contributed by atoms with E-state index < -0.39 is 24.0 Å². The molecule has 2 heterocycles. The molecule has 1 unspecified atom stereocenters. The number of urea groups is 1. The van der Waals surface area contributed by atoms with Crippen molar-refractivity contribution in [2.24, 2.45) is 0 Å². The highest BCUT2D eigenvalue weighted by Crippen LogP contribution is 2.35. The maximum atomic E-state index is 13.3. The minimum Gasteiger partial charge on any atom is -0.382 e. The Balaban J connectivity index is 2.28. The molecule has 2 rings (SSSR count). The van der Waals surface area contributed by atoms with E-state index in [1.165, 1.54) is 19.1 Å². The molecule has 1 fully saturated rings. The lowest BCUT2D eigenvalue weighted by Gasteiger charge is -2.21. The number of hydrogen-bond acceptors (Lipinski definition) is 5. The zero-order chi connectivity index (χ0) is 17.9. The molecule has 0 radical (unpaired) electrons. The maximum absolute atomic E-state index is 13.3. The molecule has 0 saturated carbocycles. The second kappa shape index (κ2) is 7.32. The van der Waals surface area contributed by atoms with Crippen LogP contribution < -0.4 is 4.90 Å². The largest absolute Gasteiger partial charge is 0.416 e. The third kappa shape index (κ3) is 3.94. The van der Waals surface area contributed by atoms with Crippen LogP contribution >= 0.6 is 0 Å². The van der Waals surface area contributed by atoms with Gasteiger partial charge in [0.1, 0.15) is 5.82 Å². The van der Waals surface area contributed by atoms with Crippen LogP contribution in [0.15, 0.2) is 12.3 Å². The molecule has 1 aliphatic rings. The van der Waals surface area contributed by atoms with Crippen molar-refractivity contribution < 1.29 is 32.5 Å². The Bertz CT molecular complexity index is 597. The van der Waals surface area contributed by atoms with Gasteiger partial charge in [0.25, 0.3) is 0 Å². The molecule has 1 atom stereocenters. The number of alkyl halides is 3. The molecule has 1 N–H and O–H groups in total. The number of halogens is 3. The summed E-state index contributed by atoms with van der Waals surface area (Å²) >= 11 is 0. The minimum absolute atomic E-state index is 0.0102. The summed E-state index contributed by atoms with van der Waals surface area (Å²) in [7, 11) is 2.89. The van der Waals surface area contributed by atoms with Crippen molar-refractivity contribution in [1.82, 2.24) is 9.88 Å². The average molecular weight is 349 g/mol. The Morgan fingerprint density at radius 2 is 2.12 bits per heavy atom. The number of aromatic nitrogens is 1. The van der Waals surface area contributed by atoms with Gasteiger partial charge in [-0.15, -0.1) is 0 Å². The number of nitrogens with zero attached hydrogens (tertiary/aromatic N) is 3. The number of pyridine rings is 1. The highest BCUT2D eigenvalue weighted by atomic mass is 19.4. The van der Waals surface area contributed by atoms with Crippen LogP contribution in [0.4, 0.5) is 23.8 Å². The Kier molecular flexibility index (Phi) is 5.62. The molecule has 1 aromatic rings. The number of ether oxygens (including phenoxy) is 2. The van der Waals surface area contributed by atoms with E-state index in [4.69, 9.17) is 9.47 Å². The number of hydrogen-bond donors (Lipinski definition) is 1. The number of amides is 2. The first-order chi connectivity index (χ1) is 11.3. The molecule has 1 saturated heterocycles. The number of carbonyl (C=O) groups excluding carboxylic acids is 1. The Labute approximate surface area is 136 Å². The van der Waals surface area contributed by atoms with Crippen molar-refractivity contribution in [3.63, 3.8) is 0 Å². The SMILES string of the molecule is COCCOCc1cnc(N2C(=O)N(C)CC2O)cc1C(F)(F)F. The summed E-state index contributed by atoms with van der Waals surface area (Å²) in [6, 6.07) is 0.127.